The lowest BCUT2D eigenvalue weighted by atomic mass is 10.0. The van der Waals surface area contributed by atoms with E-state index in [1.807, 2.05) is 0 Å². The largest absolute Gasteiger partial charge is 0.417 e. The van der Waals surface area contributed by atoms with Crippen LogP contribution in [-0.4, -0.2) is 97.8 Å². The number of piperazine rings is 1. The topological polar surface area (TPSA) is 97.2 Å². The van der Waals surface area contributed by atoms with E-state index in [1.165, 1.54) is 17.5 Å². The molecule has 1 aromatic carbocycles. The lowest BCUT2D eigenvalue weighted by Gasteiger charge is -2.34. The van der Waals surface area contributed by atoms with E-state index in [0.717, 1.165) is 42.8 Å². The number of carbonyl (C=O) groups excluding carboxylic acids is 1. The summed E-state index contributed by atoms with van der Waals surface area (Å²) in [4.78, 5) is 18.3. The van der Waals surface area contributed by atoms with E-state index in [2.05, 4.69) is 4.90 Å². The maximum Gasteiger partial charge on any atom is 0.417 e. The molecule has 0 spiro atoms. The summed E-state index contributed by atoms with van der Waals surface area (Å²) in [6, 6.07) is 4.70. The van der Waals surface area contributed by atoms with Gasteiger partial charge >= 0.3 is 6.18 Å². The minimum absolute atomic E-state index is 0.0183. The number of thiocarbonyl (C=S) groups is 1. The Morgan fingerprint density at radius 1 is 1.10 bits per heavy atom. The van der Waals surface area contributed by atoms with Gasteiger partial charge in [-0.15, -0.1) is 0 Å². The minimum Gasteiger partial charge on any atom is -0.384 e. The van der Waals surface area contributed by atoms with Crippen LogP contribution in [0.3, 0.4) is 0 Å². The van der Waals surface area contributed by atoms with Gasteiger partial charge in [0.25, 0.3) is 5.91 Å². The molecule has 0 aliphatic carbocycles. The molecule has 9 nitrogen and oxygen atoms in total. The first-order valence-electron chi connectivity index (χ1n) is 12.7. The SMILES string of the molecule is COCCS(=O)(=O)N1CCN(CCCCCN2C(=S)N(c3ccc(C#N)c(C(F)(F)F)c3)C(=O)C2(C)C)CC1. The normalized spacial score (nSPS) is 19.1. The van der Waals surface area contributed by atoms with Crippen molar-refractivity contribution in [3.8, 4) is 6.07 Å². The van der Waals surface area contributed by atoms with E-state index in [-0.39, 0.29) is 23.2 Å². The Bertz CT molecular complexity index is 1210. The summed E-state index contributed by atoms with van der Waals surface area (Å²) in [5, 5.41) is 9.20. The maximum atomic E-state index is 13.5. The molecule has 39 heavy (non-hydrogen) atoms. The van der Waals surface area contributed by atoms with Gasteiger partial charge in [0.2, 0.25) is 10.0 Å². The molecule has 0 aromatic heterocycles. The van der Waals surface area contributed by atoms with Crippen LogP contribution in [0.25, 0.3) is 0 Å². The van der Waals surface area contributed by atoms with Crippen LogP contribution < -0.4 is 4.90 Å². The van der Waals surface area contributed by atoms with Crippen LogP contribution in [0.15, 0.2) is 18.2 Å². The van der Waals surface area contributed by atoms with Crippen molar-refractivity contribution in [3.63, 3.8) is 0 Å². The summed E-state index contributed by atoms with van der Waals surface area (Å²) in [6.07, 6.45) is -2.31. The van der Waals surface area contributed by atoms with Crippen LogP contribution in [0, 0.1) is 11.3 Å². The monoisotopic (exact) mass is 589 g/mol. The number of amides is 1. The highest BCUT2D eigenvalue weighted by Gasteiger charge is 2.49. The number of alkyl halides is 3. The van der Waals surface area contributed by atoms with Gasteiger partial charge in [-0.3, -0.25) is 9.69 Å². The number of hydrogen-bond donors (Lipinski definition) is 0. The predicted molar refractivity (Wildman–Crippen MR) is 145 cm³/mol. The summed E-state index contributed by atoms with van der Waals surface area (Å²) in [5.74, 6) is -0.448. The van der Waals surface area contributed by atoms with E-state index in [9.17, 15) is 26.4 Å². The Labute approximate surface area is 233 Å². The van der Waals surface area contributed by atoms with Gasteiger partial charge in [0, 0.05) is 39.8 Å². The molecule has 0 radical (unpaired) electrons. The van der Waals surface area contributed by atoms with Crippen LogP contribution in [-0.2, 0) is 25.7 Å². The van der Waals surface area contributed by atoms with Crippen molar-refractivity contribution < 1.29 is 31.1 Å². The van der Waals surface area contributed by atoms with Gasteiger partial charge in [-0.2, -0.15) is 22.7 Å². The predicted octanol–water partition coefficient (Wildman–Crippen LogP) is 3.05. The van der Waals surface area contributed by atoms with E-state index < -0.39 is 38.8 Å². The molecule has 14 heteroatoms. The molecule has 216 valence electrons. The molecule has 2 fully saturated rings. The highest BCUT2D eigenvalue weighted by atomic mass is 32.2. The van der Waals surface area contributed by atoms with Gasteiger partial charge in [-0.05, 0) is 63.7 Å². The molecule has 0 saturated carbocycles. The summed E-state index contributed by atoms with van der Waals surface area (Å²) in [7, 11) is -1.83. The van der Waals surface area contributed by atoms with Crippen molar-refractivity contribution in [2.24, 2.45) is 0 Å². The van der Waals surface area contributed by atoms with Gasteiger partial charge in [0.1, 0.15) is 5.54 Å². The molecule has 2 aliphatic rings. The molecule has 2 heterocycles. The van der Waals surface area contributed by atoms with Gasteiger partial charge in [-0.25, -0.2) is 8.42 Å². The maximum absolute atomic E-state index is 13.5. The van der Waals surface area contributed by atoms with Gasteiger partial charge in [0.15, 0.2) is 5.11 Å². The molecule has 0 atom stereocenters. The number of benzene rings is 1. The quantitative estimate of drug-likeness (QED) is 0.287. The van der Waals surface area contributed by atoms with Crippen LogP contribution in [0.2, 0.25) is 0 Å². The number of methoxy groups -OCH3 is 1. The van der Waals surface area contributed by atoms with Crippen molar-refractivity contribution in [2.75, 3.05) is 63.6 Å². The number of sulfonamides is 1. The summed E-state index contributed by atoms with van der Waals surface area (Å²) < 4.78 is 71.4. The molecule has 1 aromatic rings. The fourth-order valence-electron chi connectivity index (χ4n) is 4.77. The molecule has 0 bridgehead atoms. The number of carbonyl (C=O) groups is 1. The van der Waals surface area contributed by atoms with E-state index in [4.69, 9.17) is 22.2 Å². The molecule has 2 saturated heterocycles. The molecule has 1 amide bonds. The fraction of sp³-hybridized carbons (Fsp3) is 0.640. The fourth-order valence-corrected chi connectivity index (χ4v) is 6.64. The first-order chi connectivity index (χ1) is 18.2. The second-order valence-electron chi connectivity index (χ2n) is 10.1. The number of ether oxygens (including phenoxy) is 1. The number of anilines is 1. The number of unbranched alkanes of at least 4 members (excludes halogenated alkanes) is 2. The first kappa shape index (κ1) is 31.2. The van der Waals surface area contributed by atoms with Crippen LogP contribution in [0.1, 0.15) is 44.2 Å². The second kappa shape index (κ2) is 12.5. The summed E-state index contributed by atoms with van der Waals surface area (Å²) >= 11 is 5.53. The Kier molecular flexibility index (Phi) is 9.98. The zero-order chi connectivity index (χ0) is 29.0. The first-order valence-corrected chi connectivity index (χ1v) is 14.7. The van der Waals surface area contributed by atoms with Crippen LogP contribution in [0.4, 0.5) is 18.9 Å². The van der Waals surface area contributed by atoms with E-state index >= 15 is 0 Å². The third kappa shape index (κ3) is 7.07. The second-order valence-corrected chi connectivity index (χ2v) is 12.5. The van der Waals surface area contributed by atoms with E-state index in [0.29, 0.717) is 32.7 Å². The Hall–Kier alpha value is -2.31. The van der Waals surface area contributed by atoms with Crippen molar-refractivity contribution in [1.82, 2.24) is 14.1 Å². The smallest absolute Gasteiger partial charge is 0.384 e. The number of nitriles is 1. The van der Waals surface area contributed by atoms with Crippen molar-refractivity contribution in [2.45, 2.75) is 44.8 Å². The summed E-state index contributed by atoms with van der Waals surface area (Å²) in [5.41, 5.74) is -2.68. The number of rotatable bonds is 11. The van der Waals surface area contributed by atoms with Crippen molar-refractivity contribution in [1.29, 1.82) is 5.26 Å². The molecule has 2 aliphatic heterocycles. The van der Waals surface area contributed by atoms with Crippen molar-refractivity contribution >= 4 is 38.9 Å². The number of nitrogens with zero attached hydrogens (tertiary/aromatic N) is 5. The van der Waals surface area contributed by atoms with Gasteiger partial charge in [0.05, 0.1) is 35.2 Å². The third-order valence-electron chi connectivity index (χ3n) is 7.14. The minimum atomic E-state index is -4.74. The van der Waals surface area contributed by atoms with Crippen LogP contribution in [0.5, 0.6) is 0 Å². The molecular formula is C25H34F3N5O4S2. The molecule has 0 N–H and O–H groups in total. The summed E-state index contributed by atoms with van der Waals surface area (Å²) in [6.45, 7) is 7.04. The standard InChI is InChI=1S/C25H34F3N5O4S2/c1-24(2)22(34)33(20-8-7-19(18-29)21(17-20)25(26,27)28)23(38)32(24)10-6-4-5-9-30-11-13-31(14-12-30)39(35,36)16-15-37-3/h7-8,17H,4-6,9-16H2,1-3H3. The Balaban J connectivity index is 1.53. The van der Waals surface area contributed by atoms with Gasteiger partial charge < -0.3 is 14.5 Å². The van der Waals surface area contributed by atoms with Crippen molar-refractivity contribution in [3.05, 3.63) is 29.3 Å². The van der Waals surface area contributed by atoms with Gasteiger partial charge in [-0.1, -0.05) is 6.42 Å². The number of halogens is 3. The molecular weight excluding hydrogens is 555 g/mol. The third-order valence-corrected chi connectivity index (χ3v) is 9.37. The lowest BCUT2D eigenvalue weighted by molar-refractivity contribution is -0.137. The van der Waals surface area contributed by atoms with Crippen LogP contribution >= 0.6 is 12.2 Å². The number of hydrogen-bond acceptors (Lipinski definition) is 7. The lowest BCUT2D eigenvalue weighted by Crippen LogP contribution is -2.49. The average Bonchev–Trinajstić information content (AvgIpc) is 3.05. The highest BCUT2D eigenvalue weighted by molar-refractivity contribution is 7.89. The Morgan fingerprint density at radius 2 is 1.74 bits per heavy atom. The average molecular weight is 590 g/mol. The zero-order valence-electron chi connectivity index (χ0n) is 22.3. The molecule has 0 unspecified atom stereocenters. The zero-order valence-corrected chi connectivity index (χ0v) is 24.0. The molecule has 3 rings (SSSR count). The van der Waals surface area contributed by atoms with E-state index in [1.54, 1.807) is 24.8 Å². The Morgan fingerprint density at radius 3 is 2.33 bits per heavy atom. The highest BCUT2D eigenvalue weighted by Crippen LogP contribution is 2.38.